The van der Waals surface area contributed by atoms with Crippen LogP contribution in [0, 0.1) is 46.9 Å². The minimum atomic E-state index is -1.68. The van der Waals surface area contributed by atoms with E-state index in [0.29, 0.717) is 0 Å². The molecule has 1 aromatic carbocycles. The quantitative estimate of drug-likeness (QED) is 0.576. The molecule has 0 bridgehead atoms. The van der Waals surface area contributed by atoms with Gasteiger partial charge in [-0.1, -0.05) is 37.0 Å². The van der Waals surface area contributed by atoms with E-state index in [4.69, 9.17) is 23.2 Å². The molecule has 0 radical (unpaired) electrons. The maximum Gasteiger partial charge on any atom is 0.311 e. The Bertz CT molecular complexity index is 728. The average molecular weight is 385 g/mol. The molecular weight excluding hydrogens is 371 g/mol. The number of aliphatic carboxylic acids is 1. The normalized spacial score (nSPS) is 24.6. The Morgan fingerprint density at radius 3 is 1.96 bits per heavy atom. The summed E-state index contributed by atoms with van der Waals surface area (Å²) in [4.78, 5) is 11.8. The molecule has 0 heterocycles. The van der Waals surface area contributed by atoms with Gasteiger partial charge in [0, 0.05) is 17.0 Å². The van der Waals surface area contributed by atoms with Crippen LogP contribution in [0.4, 0.5) is 17.6 Å². The lowest BCUT2D eigenvalue weighted by molar-refractivity contribution is -0.145. The number of rotatable bonds is 4. The Balaban J connectivity index is 2.61. The summed E-state index contributed by atoms with van der Waals surface area (Å²) >= 11 is 11.1. The van der Waals surface area contributed by atoms with E-state index in [-0.39, 0.29) is 4.49 Å². The van der Waals surface area contributed by atoms with E-state index in [1.807, 2.05) is 0 Å². The molecule has 8 heteroatoms. The highest BCUT2D eigenvalue weighted by molar-refractivity contribution is 6.55. The van der Waals surface area contributed by atoms with Crippen LogP contribution in [0.5, 0.6) is 0 Å². The predicted octanol–water partition coefficient (Wildman–Crippen LogP) is 5.14. The van der Waals surface area contributed by atoms with Crippen LogP contribution in [0.2, 0.25) is 0 Å². The maximum atomic E-state index is 14.1. The zero-order chi connectivity index (χ0) is 18.6. The molecule has 0 aliphatic heterocycles. The third-order valence-corrected chi connectivity index (χ3v) is 5.33. The van der Waals surface area contributed by atoms with E-state index < -0.39 is 63.5 Å². The fraction of sp³-hybridized carbons (Fsp3) is 0.438. The molecule has 1 fully saturated rings. The monoisotopic (exact) mass is 384 g/mol. The van der Waals surface area contributed by atoms with Crippen LogP contribution in [0.1, 0.15) is 25.0 Å². The Labute approximate surface area is 146 Å². The molecule has 0 spiro atoms. The molecule has 132 valence electrons. The van der Waals surface area contributed by atoms with Gasteiger partial charge < -0.3 is 5.11 Å². The van der Waals surface area contributed by atoms with Crippen LogP contribution in [0.15, 0.2) is 10.6 Å². The van der Waals surface area contributed by atoms with Crippen molar-refractivity contribution in [1.29, 1.82) is 0 Å². The zero-order valence-corrected chi connectivity index (χ0v) is 14.5. The molecule has 2 nitrogen and oxygen atoms in total. The van der Waals surface area contributed by atoms with Crippen molar-refractivity contribution in [3.8, 4) is 0 Å². The van der Waals surface area contributed by atoms with E-state index in [9.17, 15) is 27.5 Å². The molecule has 0 saturated heterocycles. The lowest BCUT2D eigenvalue weighted by Crippen LogP contribution is -2.26. The number of hydrogen-bond acceptors (Lipinski definition) is 1. The van der Waals surface area contributed by atoms with Gasteiger partial charge in [0.2, 0.25) is 0 Å². The van der Waals surface area contributed by atoms with Crippen molar-refractivity contribution in [3.05, 3.63) is 45.0 Å². The SMILES string of the molecule is Cc1c(F)c(F)c(CC2(C(=O)O)C(C=C(Cl)Cl)C2(C)C)c(F)c1F. The van der Waals surface area contributed by atoms with E-state index in [1.165, 1.54) is 6.08 Å². The van der Waals surface area contributed by atoms with Crippen molar-refractivity contribution in [3.63, 3.8) is 0 Å². The summed E-state index contributed by atoms with van der Waals surface area (Å²) in [5.41, 5.74) is -4.39. The van der Waals surface area contributed by atoms with Crippen LogP contribution in [0.25, 0.3) is 0 Å². The molecule has 1 aromatic rings. The van der Waals surface area contributed by atoms with Gasteiger partial charge in [-0.05, 0) is 24.8 Å². The van der Waals surface area contributed by atoms with Gasteiger partial charge in [-0.2, -0.15) is 0 Å². The van der Waals surface area contributed by atoms with E-state index in [2.05, 4.69) is 0 Å². The molecule has 2 unspecified atom stereocenters. The van der Waals surface area contributed by atoms with Gasteiger partial charge in [0.1, 0.15) is 4.49 Å². The predicted molar refractivity (Wildman–Crippen MR) is 81.8 cm³/mol. The smallest absolute Gasteiger partial charge is 0.311 e. The van der Waals surface area contributed by atoms with Crippen LogP contribution < -0.4 is 0 Å². The lowest BCUT2D eigenvalue weighted by atomic mass is 9.87. The van der Waals surface area contributed by atoms with Gasteiger partial charge in [-0.3, -0.25) is 4.79 Å². The number of halogens is 6. The minimum Gasteiger partial charge on any atom is -0.481 e. The van der Waals surface area contributed by atoms with E-state index >= 15 is 0 Å². The van der Waals surface area contributed by atoms with Crippen LogP contribution >= 0.6 is 23.2 Å². The van der Waals surface area contributed by atoms with E-state index in [1.54, 1.807) is 13.8 Å². The van der Waals surface area contributed by atoms with Crippen LogP contribution in [0.3, 0.4) is 0 Å². The minimum absolute atomic E-state index is 0.196. The first kappa shape index (κ1) is 19.1. The summed E-state index contributed by atoms with van der Waals surface area (Å²) in [5, 5.41) is 9.61. The summed E-state index contributed by atoms with van der Waals surface area (Å²) in [6.45, 7) is 4.00. The second kappa shape index (κ2) is 5.92. The van der Waals surface area contributed by atoms with Crippen molar-refractivity contribution >= 4 is 29.2 Å². The summed E-state index contributed by atoms with van der Waals surface area (Å²) in [6, 6.07) is 0. The molecule has 0 amide bonds. The lowest BCUT2D eigenvalue weighted by Gasteiger charge is -2.17. The summed E-state index contributed by atoms with van der Waals surface area (Å²) in [5.74, 6) is -8.36. The Hall–Kier alpha value is -1.27. The Morgan fingerprint density at radius 1 is 1.12 bits per heavy atom. The van der Waals surface area contributed by atoms with Crippen molar-refractivity contribution in [1.82, 2.24) is 0 Å². The number of hydrogen-bond donors (Lipinski definition) is 1. The van der Waals surface area contributed by atoms with Crippen molar-refractivity contribution in [2.75, 3.05) is 0 Å². The zero-order valence-electron chi connectivity index (χ0n) is 13.0. The highest BCUT2D eigenvalue weighted by Crippen LogP contribution is 2.71. The van der Waals surface area contributed by atoms with E-state index in [0.717, 1.165) is 6.92 Å². The first-order valence-electron chi connectivity index (χ1n) is 6.97. The van der Waals surface area contributed by atoms with Crippen molar-refractivity contribution in [2.45, 2.75) is 27.2 Å². The fourth-order valence-corrected chi connectivity index (χ4v) is 3.67. The molecule has 1 N–H and O–H groups in total. The third-order valence-electron chi connectivity index (χ3n) is 5.08. The van der Waals surface area contributed by atoms with Crippen LogP contribution in [-0.4, -0.2) is 11.1 Å². The highest BCUT2D eigenvalue weighted by Gasteiger charge is 2.75. The molecular formula is C16H14Cl2F4O2. The number of carboxylic acid groups (broad SMARTS) is 1. The number of carboxylic acids is 1. The van der Waals surface area contributed by atoms with Crippen LogP contribution in [-0.2, 0) is 11.2 Å². The third kappa shape index (κ3) is 2.51. The molecule has 1 aliphatic carbocycles. The summed E-state index contributed by atoms with van der Waals surface area (Å²) in [6.07, 6.45) is 0.525. The topological polar surface area (TPSA) is 37.3 Å². The molecule has 1 aliphatic rings. The molecule has 0 aromatic heterocycles. The number of benzene rings is 1. The van der Waals surface area contributed by atoms with Crippen molar-refractivity contribution in [2.24, 2.45) is 16.7 Å². The summed E-state index contributed by atoms with van der Waals surface area (Å²) < 4.78 is 55.5. The standard InChI is InChI=1S/C16H14Cl2F4O2/c1-6-10(19)12(21)7(13(22)11(6)20)5-16(14(23)24)8(4-9(17)18)15(16,2)3/h4,8H,5H2,1-3H3,(H,23,24). The van der Waals surface area contributed by atoms with Gasteiger partial charge >= 0.3 is 5.97 Å². The average Bonchev–Trinajstić information content (AvgIpc) is 2.94. The summed E-state index contributed by atoms with van der Waals surface area (Å²) in [7, 11) is 0. The van der Waals surface area contributed by atoms with Gasteiger partial charge in [-0.15, -0.1) is 0 Å². The maximum absolute atomic E-state index is 14.1. The second-order valence-corrected chi connectivity index (χ2v) is 7.48. The van der Waals surface area contributed by atoms with Gasteiger partial charge in [0.05, 0.1) is 5.41 Å². The fourth-order valence-electron chi connectivity index (χ4n) is 3.41. The molecule has 24 heavy (non-hydrogen) atoms. The number of carbonyl (C=O) groups is 1. The van der Waals surface area contributed by atoms with Gasteiger partial charge in [-0.25, -0.2) is 17.6 Å². The first-order valence-corrected chi connectivity index (χ1v) is 7.72. The Kier molecular flexibility index (Phi) is 4.70. The van der Waals surface area contributed by atoms with Crippen molar-refractivity contribution < 1.29 is 27.5 Å². The second-order valence-electron chi connectivity index (χ2n) is 6.47. The Morgan fingerprint density at radius 2 is 1.58 bits per heavy atom. The first-order chi connectivity index (χ1) is 10.9. The molecule has 2 atom stereocenters. The van der Waals surface area contributed by atoms with Gasteiger partial charge in [0.25, 0.3) is 0 Å². The van der Waals surface area contributed by atoms with Gasteiger partial charge in [0.15, 0.2) is 23.3 Å². The molecule has 2 rings (SSSR count). The largest absolute Gasteiger partial charge is 0.481 e. The number of allylic oxidation sites excluding steroid dienone is 1. The highest BCUT2D eigenvalue weighted by atomic mass is 35.5. The molecule has 1 saturated carbocycles.